The van der Waals surface area contributed by atoms with Gasteiger partial charge in [0, 0.05) is 12.7 Å². The highest BCUT2D eigenvalue weighted by Gasteiger charge is 2.26. The predicted molar refractivity (Wildman–Crippen MR) is 72.2 cm³/mol. The number of likely N-dealkylation sites (tertiary alicyclic amines) is 1. The number of nitrogens with one attached hydrogen (secondary N) is 2. The molecule has 104 valence electrons. The van der Waals surface area contributed by atoms with Gasteiger partial charge in [0.1, 0.15) is 5.82 Å². The average Bonchev–Trinajstić information content (AvgIpc) is 2.86. The van der Waals surface area contributed by atoms with Gasteiger partial charge in [-0.05, 0) is 37.9 Å². The van der Waals surface area contributed by atoms with Gasteiger partial charge < -0.3 is 5.11 Å². The predicted octanol–water partition coefficient (Wildman–Crippen LogP) is 0.227. The van der Waals surface area contributed by atoms with Crippen LogP contribution in [0, 0.1) is 5.92 Å². The lowest BCUT2D eigenvalue weighted by Crippen LogP contribution is -2.39. The fourth-order valence-electron chi connectivity index (χ4n) is 2.21. The number of pyridine rings is 1. The van der Waals surface area contributed by atoms with Crippen LogP contribution < -0.4 is 10.9 Å². The summed E-state index contributed by atoms with van der Waals surface area (Å²) >= 11 is 0. The monoisotopic (exact) mass is 264 g/mol. The Kier molecular flexibility index (Phi) is 4.70. The molecule has 1 amide bonds. The number of aromatic nitrogens is 1. The zero-order valence-electron chi connectivity index (χ0n) is 11.0. The molecule has 6 heteroatoms. The maximum Gasteiger partial charge on any atom is 0.252 e. The Bertz CT molecular complexity index is 410. The first-order valence-electron chi connectivity index (χ1n) is 6.51. The molecule has 2 atom stereocenters. The Labute approximate surface area is 112 Å². The van der Waals surface area contributed by atoms with Crippen LogP contribution in [0.2, 0.25) is 0 Å². The van der Waals surface area contributed by atoms with E-state index in [1.807, 2.05) is 17.0 Å². The molecule has 1 saturated heterocycles. The molecule has 1 fully saturated rings. The summed E-state index contributed by atoms with van der Waals surface area (Å²) in [6.07, 6.45) is 2.29. The molecule has 0 saturated carbocycles. The van der Waals surface area contributed by atoms with Crippen molar-refractivity contribution in [1.29, 1.82) is 0 Å². The van der Waals surface area contributed by atoms with Crippen molar-refractivity contribution in [3.8, 4) is 0 Å². The van der Waals surface area contributed by atoms with Crippen molar-refractivity contribution >= 4 is 11.7 Å². The highest BCUT2D eigenvalue weighted by Crippen LogP contribution is 2.18. The topological polar surface area (TPSA) is 77.5 Å². The van der Waals surface area contributed by atoms with Gasteiger partial charge in [0.15, 0.2) is 0 Å². The second kappa shape index (κ2) is 6.49. The van der Waals surface area contributed by atoms with E-state index in [-0.39, 0.29) is 17.9 Å². The summed E-state index contributed by atoms with van der Waals surface area (Å²) < 4.78 is 0. The Balaban J connectivity index is 1.71. The van der Waals surface area contributed by atoms with Crippen LogP contribution >= 0.6 is 0 Å². The molecular formula is C13H20N4O2. The van der Waals surface area contributed by atoms with Crippen LogP contribution in [0.4, 0.5) is 5.82 Å². The normalized spacial score (nSPS) is 21.1. The van der Waals surface area contributed by atoms with E-state index in [4.69, 9.17) is 0 Å². The lowest BCUT2D eigenvalue weighted by Gasteiger charge is -2.17. The van der Waals surface area contributed by atoms with Crippen molar-refractivity contribution in [2.45, 2.75) is 19.4 Å². The summed E-state index contributed by atoms with van der Waals surface area (Å²) in [4.78, 5) is 17.8. The Hall–Kier alpha value is -1.66. The summed E-state index contributed by atoms with van der Waals surface area (Å²) in [5.41, 5.74) is 5.38. The van der Waals surface area contributed by atoms with Crippen LogP contribution in [-0.4, -0.2) is 46.6 Å². The summed E-state index contributed by atoms with van der Waals surface area (Å²) in [5, 5.41) is 9.51. The van der Waals surface area contributed by atoms with E-state index in [0.29, 0.717) is 12.4 Å². The smallest absolute Gasteiger partial charge is 0.252 e. The minimum atomic E-state index is -0.306. The number of anilines is 1. The minimum absolute atomic E-state index is 0.100. The SMILES string of the molecule is CC(O)C1CCN(CC(=O)NNc2ccccn2)C1. The third-order valence-corrected chi connectivity index (χ3v) is 3.35. The number of hydrazine groups is 1. The quantitative estimate of drug-likeness (QED) is 0.664. The van der Waals surface area contributed by atoms with E-state index >= 15 is 0 Å². The first kappa shape index (κ1) is 13.8. The average molecular weight is 264 g/mol. The van der Waals surface area contributed by atoms with Crippen LogP contribution in [0.25, 0.3) is 0 Å². The third kappa shape index (κ3) is 4.18. The largest absolute Gasteiger partial charge is 0.393 e. The van der Waals surface area contributed by atoms with Crippen LogP contribution in [-0.2, 0) is 4.79 Å². The fraction of sp³-hybridized carbons (Fsp3) is 0.538. The minimum Gasteiger partial charge on any atom is -0.393 e. The highest BCUT2D eigenvalue weighted by molar-refractivity contribution is 5.79. The summed E-state index contributed by atoms with van der Waals surface area (Å²) in [7, 11) is 0. The van der Waals surface area contributed by atoms with E-state index in [9.17, 15) is 9.90 Å². The molecular weight excluding hydrogens is 244 g/mol. The highest BCUT2D eigenvalue weighted by atomic mass is 16.3. The van der Waals surface area contributed by atoms with Gasteiger partial charge in [-0.3, -0.25) is 20.5 Å². The number of hydrogen-bond donors (Lipinski definition) is 3. The van der Waals surface area contributed by atoms with Crippen LogP contribution in [0.15, 0.2) is 24.4 Å². The molecule has 2 rings (SSSR count). The molecule has 1 aliphatic heterocycles. The van der Waals surface area contributed by atoms with Crippen LogP contribution in [0.3, 0.4) is 0 Å². The van der Waals surface area contributed by atoms with Gasteiger partial charge >= 0.3 is 0 Å². The fourth-order valence-corrected chi connectivity index (χ4v) is 2.21. The van der Waals surface area contributed by atoms with Gasteiger partial charge in [0.05, 0.1) is 12.6 Å². The number of aliphatic hydroxyl groups excluding tert-OH is 1. The van der Waals surface area contributed by atoms with Gasteiger partial charge in [0.2, 0.25) is 0 Å². The van der Waals surface area contributed by atoms with Crippen LogP contribution in [0.1, 0.15) is 13.3 Å². The number of hydrogen-bond acceptors (Lipinski definition) is 5. The second-order valence-electron chi connectivity index (χ2n) is 4.91. The van der Waals surface area contributed by atoms with Crippen molar-refractivity contribution in [3.05, 3.63) is 24.4 Å². The van der Waals surface area contributed by atoms with Gasteiger partial charge in [0.25, 0.3) is 5.91 Å². The molecule has 19 heavy (non-hydrogen) atoms. The molecule has 0 aliphatic carbocycles. The van der Waals surface area contributed by atoms with E-state index in [1.165, 1.54) is 0 Å². The molecule has 2 unspecified atom stereocenters. The standard InChI is InChI=1S/C13H20N4O2/c1-10(18)11-5-7-17(8-11)9-13(19)16-15-12-4-2-3-6-14-12/h2-4,6,10-11,18H,5,7-9H2,1H3,(H,14,15)(H,16,19). The molecule has 2 heterocycles. The first-order valence-corrected chi connectivity index (χ1v) is 6.51. The summed E-state index contributed by atoms with van der Waals surface area (Å²) in [5.74, 6) is 0.785. The molecule has 1 aromatic rings. The van der Waals surface area contributed by atoms with Gasteiger partial charge in [-0.2, -0.15) is 0 Å². The maximum absolute atomic E-state index is 11.7. The van der Waals surface area contributed by atoms with E-state index < -0.39 is 0 Å². The van der Waals surface area contributed by atoms with Crippen molar-refractivity contribution in [2.75, 3.05) is 25.1 Å². The number of rotatable bonds is 5. The van der Waals surface area contributed by atoms with Gasteiger partial charge in [-0.15, -0.1) is 0 Å². The Morgan fingerprint density at radius 2 is 2.47 bits per heavy atom. The number of nitrogens with zero attached hydrogens (tertiary/aromatic N) is 2. The summed E-state index contributed by atoms with van der Waals surface area (Å²) in [6, 6.07) is 5.43. The lowest BCUT2D eigenvalue weighted by molar-refractivity contribution is -0.121. The lowest BCUT2D eigenvalue weighted by atomic mass is 10.0. The summed E-state index contributed by atoms with van der Waals surface area (Å²) in [6.45, 7) is 3.77. The van der Waals surface area contributed by atoms with Gasteiger partial charge in [-0.25, -0.2) is 4.98 Å². The third-order valence-electron chi connectivity index (χ3n) is 3.35. The van der Waals surface area contributed by atoms with E-state index in [1.54, 1.807) is 19.2 Å². The molecule has 0 aromatic carbocycles. The number of aliphatic hydroxyl groups is 1. The maximum atomic E-state index is 11.7. The zero-order valence-corrected chi connectivity index (χ0v) is 11.0. The van der Waals surface area contributed by atoms with Crippen molar-refractivity contribution in [2.24, 2.45) is 5.92 Å². The van der Waals surface area contributed by atoms with Crippen LogP contribution in [0.5, 0.6) is 0 Å². The van der Waals surface area contributed by atoms with E-state index in [2.05, 4.69) is 15.8 Å². The zero-order chi connectivity index (χ0) is 13.7. The van der Waals surface area contributed by atoms with Crippen molar-refractivity contribution in [1.82, 2.24) is 15.3 Å². The second-order valence-corrected chi connectivity index (χ2v) is 4.91. The Morgan fingerprint density at radius 1 is 1.63 bits per heavy atom. The molecule has 1 aromatic heterocycles. The first-order chi connectivity index (χ1) is 9.15. The van der Waals surface area contributed by atoms with Gasteiger partial charge in [-0.1, -0.05) is 6.07 Å². The molecule has 0 bridgehead atoms. The van der Waals surface area contributed by atoms with Crippen molar-refractivity contribution < 1.29 is 9.90 Å². The van der Waals surface area contributed by atoms with Crippen molar-refractivity contribution in [3.63, 3.8) is 0 Å². The number of carbonyl (C=O) groups excluding carboxylic acids is 1. The molecule has 0 spiro atoms. The molecule has 6 nitrogen and oxygen atoms in total. The molecule has 3 N–H and O–H groups in total. The Morgan fingerprint density at radius 3 is 3.11 bits per heavy atom. The van der Waals surface area contributed by atoms with E-state index in [0.717, 1.165) is 19.5 Å². The number of amides is 1. The number of carbonyl (C=O) groups is 1. The molecule has 0 radical (unpaired) electrons. The molecule has 1 aliphatic rings.